The zero-order valence-electron chi connectivity index (χ0n) is 8.84. The average molecular weight is 184 g/mol. The molecule has 2 N–H and O–H groups in total. The van der Waals surface area contributed by atoms with Crippen molar-refractivity contribution < 1.29 is 4.79 Å². The Morgan fingerprint density at radius 2 is 2.15 bits per heavy atom. The van der Waals surface area contributed by atoms with E-state index in [1.165, 1.54) is 0 Å². The van der Waals surface area contributed by atoms with Crippen LogP contribution in [0.4, 0.5) is 0 Å². The molecule has 1 unspecified atom stereocenters. The van der Waals surface area contributed by atoms with Crippen LogP contribution in [0, 0.1) is 5.41 Å². The molecule has 76 valence electrons. The molecular formula is C10H20N2O. The third-order valence-corrected chi connectivity index (χ3v) is 2.70. The van der Waals surface area contributed by atoms with E-state index >= 15 is 0 Å². The zero-order valence-corrected chi connectivity index (χ0v) is 8.84. The maximum absolute atomic E-state index is 11.3. The van der Waals surface area contributed by atoms with Crippen LogP contribution in [0.2, 0.25) is 0 Å². The number of hydrogen-bond acceptors (Lipinski definition) is 2. The van der Waals surface area contributed by atoms with E-state index in [1.54, 1.807) is 0 Å². The van der Waals surface area contributed by atoms with Crippen LogP contribution in [0.25, 0.3) is 0 Å². The summed E-state index contributed by atoms with van der Waals surface area (Å²) in [6.07, 6.45) is 1.70. The summed E-state index contributed by atoms with van der Waals surface area (Å²) in [5.41, 5.74) is 6.09. The molecule has 0 spiro atoms. The van der Waals surface area contributed by atoms with Gasteiger partial charge in [-0.25, -0.2) is 0 Å². The Labute approximate surface area is 80.3 Å². The SMILES string of the molecule is CC(C)(C)C(N)CN1CCCC1=O. The van der Waals surface area contributed by atoms with Crippen molar-refractivity contribution in [2.45, 2.75) is 39.7 Å². The van der Waals surface area contributed by atoms with Gasteiger partial charge in [-0.05, 0) is 11.8 Å². The average Bonchev–Trinajstić information content (AvgIpc) is 2.34. The number of nitrogens with two attached hydrogens (primary N) is 1. The van der Waals surface area contributed by atoms with Crippen LogP contribution in [0.1, 0.15) is 33.6 Å². The first kappa shape index (κ1) is 10.5. The van der Waals surface area contributed by atoms with Gasteiger partial charge in [-0.1, -0.05) is 20.8 Å². The Balaban J connectivity index is 2.44. The van der Waals surface area contributed by atoms with Crippen LogP contribution in [0.3, 0.4) is 0 Å². The number of carbonyl (C=O) groups excluding carboxylic acids is 1. The lowest BCUT2D eigenvalue weighted by molar-refractivity contribution is -0.128. The molecule has 1 saturated heterocycles. The van der Waals surface area contributed by atoms with Crippen molar-refractivity contribution in [3.05, 3.63) is 0 Å². The molecule has 0 bridgehead atoms. The summed E-state index contributed by atoms with van der Waals surface area (Å²) in [5, 5.41) is 0. The third kappa shape index (κ3) is 2.69. The fraction of sp³-hybridized carbons (Fsp3) is 0.900. The molecule has 1 amide bonds. The first-order chi connectivity index (χ1) is 5.91. The summed E-state index contributed by atoms with van der Waals surface area (Å²) in [7, 11) is 0. The summed E-state index contributed by atoms with van der Waals surface area (Å²) >= 11 is 0. The molecule has 1 rings (SSSR count). The van der Waals surface area contributed by atoms with Crippen LogP contribution in [0.15, 0.2) is 0 Å². The van der Waals surface area contributed by atoms with E-state index in [4.69, 9.17) is 5.73 Å². The second-order valence-corrected chi connectivity index (χ2v) is 4.92. The molecule has 1 atom stereocenters. The summed E-state index contributed by atoms with van der Waals surface area (Å²) in [6.45, 7) is 7.93. The van der Waals surface area contributed by atoms with Gasteiger partial charge in [-0.2, -0.15) is 0 Å². The van der Waals surface area contributed by atoms with E-state index in [-0.39, 0.29) is 17.4 Å². The topological polar surface area (TPSA) is 46.3 Å². The molecule has 0 saturated carbocycles. The van der Waals surface area contributed by atoms with Crippen molar-refractivity contribution >= 4 is 5.91 Å². The first-order valence-electron chi connectivity index (χ1n) is 4.94. The molecule has 3 heteroatoms. The number of hydrogen-bond donors (Lipinski definition) is 1. The van der Waals surface area contributed by atoms with Gasteiger partial charge >= 0.3 is 0 Å². The first-order valence-corrected chi connectivity index (χ1v) is 4.94. The largest absolute Gasteiger partial charge is 0.341 e. The van der Waals surface area contributed by atoms with Crippen molar-refractivity contribution in [3.63, 3.8) is 0 Å². The highest BCUT2D eigenvalue weighted by atomic mass is 16.2. The van der Waals surface area contributed by atoms with Crippen LogP contribution in [0.5, 0.6) is 0 Å². The number of nitrogens with zero attached hydrogens (tertiary/aromatic N) is 1. The molecule has 0 radical (unpaired) electrons. The highest BCUT2D eigenvalue weighted by Crippen LogP contribution is 2.20. The van der Waals surface area contributed by atoms with E-state index in [0.29, 0.717) is 13.0 Å². The molecule has 1 aliphatic heterocycles. The Bertz CT molecular complexity index is 196. The Hall–Kier alpha value is -0.570. The molecule has 1 fully saturated rings. The number of amides is 1. The second kappa shape index (κ2) is 3.66. The van der Waals surface area contributed by atoms with Crippen molar-refractivity contribution in [1.82, 2.24) is 4.90 Å². The minimum Gasteiger partial charge on any atom is -0.341 e. The summed E-state index contributed by atoms with van der Waals surface area (Å²) < 4.78 is 0. The van der Waals surface area contributed by atoms with Crippen LogP contribution < -0.4 is 5.73 Å². The van der Waals surface area contributed by atoms with Gasteiger partial charge in [0.05, 0.1) is 0 Å². The smallest absolute Gasteiger partial charge is 0.222 e. The van der Waals surface area contributed by atoms with Crippen molar-refractivity contribution in [2.75, 3.05) is 13.1 Å². The second-order valence-electron chi connectivity index (χ2n) is 4.92. The Kier molecular flexibility index (Phi) is 2.96. The zero-order chi connectivity index (χ0) is 10.1. The molecule has 1 aliphatic rings. The Morgan fingerprint density at radius 1 is 1.54 bits per heavy atom. The minimum absolute atomic E-state index is 0.0783. The predicted molar refractivity (Wildman–Crippen MR) is 53.2 cm³/mol. The minimum atomic E-state index is 0.0783. The fourth-order valence-corrected chi connectivity index (χ4v) is 1.41. The van der Waals surface area contributed by atoms with Crippen molar-refractivity contribution in [1.29, 1.82) is 0 Å². The summed E-state index contributed by atoms with van der Waals surface area (Å²) in [5.74, 6) is 0.264. The number of likely N-dealkylation sites (tertiary alicyclic amines) is 1. The molecular weight excluding hydrogens is 164 g/mol. The summed E-state index contributed by atoms with van der Waals surface area (Å²) in [4.78, 5) is 13.2. The van der Waals surface area contributed by atoms with E-state index in [9.17, 15) is 4.79 Å². The van der Waals surface area contributed by atoms with Gasteiger partial charge in [0, 0.05) is 25.6 Å². The van der Waals surface area contributed by atoms with Gasteiger partial charge in [0.25, 0.3) is 0 Å². The molecule has 0 aliphatic carbocycles. The molecule has 0 aromatic carbocycles. The fourth-order valence-electron chi connectivity index (χ4n) is 1.41. The van der Waals surface area contributed by atoms with E-state index in [2.05, 4.69) is 20.8 Å². The van der Waals surface area contributed by atoms with E-state index < -0.39 is 0 Å². The molecule has 3 nitrogen and oxygen atoms in total. The van der Waals surface area contributed by atoms with Crippen LogP contribution >= 0.6 is 0 Å². The highest BCUT2D eigenvalue weighted by molar-refractivity contribution is 5.78. The number of carbonyl (C=O) groups is 1. The van der Waals surface area contributed by atoms with Crippen LogP contribution in [-0.4, -0.2) is 29.9 Å². The van der Waals surface area contributed by atoms with E-state index in [1.807, 2.05) is 4.90 Å². The maximum Gasteiger partial charge on any atom is 0.222 e. The molecule has 0 aromatic heterocycles. The maximum atomic E-state index is 11.3. The molecule has 0 aromatic rings. The lowest BCUT2D eigenvalue weighted by atomic mass is 9.87. The normalized spacial score (nSPS) is 20.9. The number of rotatable bonds is 2. The van der Waals surface area contributed by atoms with Gasteiger partial charge in [0.15, 0.2) is 0 Å². The van der Waals surface area contributed by atoms with Crippen LogP contribution in [-0.2, 0) is 4.79 Å². The van der Waals surface area contributed by atoms with Crippen molar-refractivity contribution in [2.24, 2.45) is 11.1 Å². The summed E-state index contributed by atoms with van der Waals surface area (Å²) in [6, 6.07) is 0.0783. The predicted octanol–water partition coefficient (Wildman–Crippen LogP) is 0.982. The van der Waals surface area contributed by atoms with Crippen molar-refractivity contribution in [3.8, 4) is 0 Å². The lowest BCUT2D eigenvalue weighted by Crippen LogP contribution is -2.45. The van der Waals surface area contributed by atoms with Gasteiger partial charge < -0.3 is 10.6 Å². The van der Waals surface area contributed by atoms with Gasteiger partial charge in [-0.3, -0.25) is 4.79 Å². The standard InChI is InChI=1S/C10H20N2O/c1-10(2,3)8(11)7-12-6-4-5-9(12)13/h8H,4-7,11H2,1-3H3. The third-order valence-electron chi connectivity index (χ3n) is 2.70. The van der Waals surface area contributed by atoms with E-state index in [0.717, 1.165) is 13.0 Å². The monoisotopic (exact) mass is 184 g/mol. The van der Waals surface area contributed by atoms with Gasteiger partial charge in [-0.15, -0.1) is 0 Å². The Morgan fingerprint density at radius 3 is 2.54 bits per heavy atom. The molecule has 13 heavy (non-hydrogen) atoms. The quantitative estimate of drug-likeness (QED) is 0.695. The van der Waals surface area contributed by atoms with Gasteiger partial charge in [0.1, 0.15) is 0 Å². The molecule has 1 heterocycles. The lowest BCUT2D eigenvalue weighted by Gasteiger charge is -2.30. The highest BCUT2D eigenvalue weighted by Gasteiger charge is 2.27. The van der Waals surface area contributed by atoms with Gasteiger partial charge in [0.2, 0.25) is 5.91 Å².